The van der Waals surface area contributed by atoms with Crippen molar-refractivity contribution in [2.45, 2.75) is 37.6 Å². The lowest BCUT2D eigenvalue weighted by Crippen LogP contribution is -2.49. The van der Waals surface area contributed by atoms with Crippen molar-refractivity contribution in [2.24, 2.45) is 0 Å². The van der Waals surface area contributed by atoms with E-state index in [1.165, 1.54) is 6.07 Å². The molecule has 2 amide bonds. The maximum atomic E-state index is 13.1. The predicted molar refractivity (Wildman–Crippen MR) is 105 cm³/mol. The Bertz CT molecular complexity index is 847. The Balaban J connectivity index is 1.42. The number of aromatic nitrogens is 1. The van der Waals surface area contributed by atoms with E-state index in [1.54, 1.807) is 23.1 Å². The van der Waals surface area contributed by atoms with Crippen molar-refractivity contribution in [1.82, 2.24) is 14.8 Å². The van der Waals surface area contributed by atoms with Gasteiger partial charge in [-0.25, -0.2) is 0 Å². The van der Waals surface area contributed by atoms with Crippen LogP contribution in [0.4, 0.5) is 0 Å². The second-order valence-corrected chi connectivity index (χ2v) is 7.53. The summed E-state index contributed by atoms with van der Waals surface area (Å²) in [5, 5.41) is 10.0. The molecule has 2 fully saturated rings. The van der Waals surface area contributed by atoms with Crippen molar-refractivity contribution < 1.29 is 14.7 Å². The number of phenolic OH excluding ortho intramolecular Hbond substituents is 1. The Morgan fingerprint density at radius 1 is 0.964 bits per heavy atom. The minimum atomic E-state index is -0.432. The number of piperidine rings is 1. The molecule has 1 atom stereocenters. The number of pyridine rings is 1. The molecule has 4 rings (SSSR count). The van der Waals surface area contributed by atoms with Gasteiger partial charge in [0, 0.05) is 37.4 Å². The van der Waals surface area contributed by atoms with Crippen molar-refractivity contribution in [2.75, 3.05) is 19.6 Å². The van der Waals surface area contributed by atoms with Gasteiger partial charge in [0.1, 0.15) is 11.8 Å². The van der Waals surface area contributed by atoms with Gasteiger partial charge >= 0.3 is 0 Å². The number of likely N-dealkylation sites (tertiary alicyclic amines) is 2. The molecule has 28 heavy (non-hydrogen) atoms. The lowest BCUT2D eigenvalue weighted by Gasteiger charge is -2.35. The van der Waals surface area contributed by atoms with E-state index in [0.717, 1.165) is 25.0 Å². The minimum Gasteiger partial charge on any atom is -0.507 e. The van der Waals surface area contributed by atoms with Crippen LogP contribution in [0.2, 0.25) is 0 Å². The van der Waals surface area contributed by atoms with Crippen LogP contribution in [0.5, 0.6) is 5.75 Å². The number of para-hydroxylation sites is 1. The SMILES string of the molecule is O=C(C1CCCN1C(=O)c1ccccc1O)N1CCC(c2ccccn2)CC1. The lowest BCUT2D eigenvalue weighted by molar-refractivity contribution is -0.136. The maximum Gasteiger partial charge on any atom is 0.258 e. The molecular weight excluding hydrogens is 354 g/mol. The first-order valence-corrected chi connectivity index (χ1v) is 9.94. The third-order valence-electron chi connectivity index (χ3n) is 5.85. The number of carbonyl (C=O) groups excluding carboxylic acids is 2. The zero-order valence-corrected chi connectivity index (χ0v) is 15.8. The fourth-order valence-electron chi connectivity index (χ4n) is 4.30. The van der Waals surface area contributed by atoms with Crippen LogP contribution in [0.25, 0.3) is 0 Å². The molecule has 1 unspecified atom stereocenters. The van der Waals surface area contributed by atoms with Crippen molar-refractivity contribution in [3.05, 3.63) is 59.9 Å². The van der Waals surface area contributed by atoms with Gasteiger partial charge in [0.05, 0.1) is 5.56 Å². The summed E-state index contributed by atoms with van der Waals surface area (Å²) in [6.07, 6.45) is 5.08. The molecular formula is C22H25N3O3. The summed E-state index contributed by atoms with van der Waals surface area (Å²) in [7, 11) is 0. The number of phenols is 1. The van der Waals surface area contributed by atoms with Gasteiger partial charge in [-0.3, -0.25) is 14.6 Å². The quantitative estimate of drug-likeness (QED) is 0.890. The number of carbonyl (C=O) groups is 2. The Hall–Kier alpha value is -2.89. The van der Waals surface area contributed by atoms with Gasteiger partial charge in [-0.05, 0) is 49.9 Å². The average molecular weight is 379 g/mol. The predicted octanol–water partition coefficient (Wildman–Crippen LogP) is 2.80. The Labute approximate surface area is 164 Å². The number of rotatable bonds is 3. The fraction of sp³-hybridized carbons (Fsp3) is 0.409. The molecule has 3 heterocycles. The molecule has 2 aromatic rings. The average Bonchev–Trinajstić information content (AvgIpc) is 3.24. The number of aromatic hydroxyl groups is 1. The van der Waals surface area contributed by atoms with Crippen molar-refractivity contribution in [3.8, 4) is 5.75 Å². The Morgan fingerprint density at radius 2 is 1.71 bits per heavy atom. The van der Waals surface area contributed by atoms with Gasteiger partial charge in [0.2, 0.25) is 5.91 Å². The van der Waals surface area contributed by atoms with Crippen molar-refractivity contribution in [1.29, 1.82) is 0 Å². The van der Waals surface area contributed by atoms with Gasteiger partial charge in [-0.1, -0.05) is 18.2 Å². The van der Waals surface area contributed by atoms with E-state index >= 15 is 0 Å². The smallest absolute Gasteiger partial charge is 0.258 e. The Morgan fingerprint density at radius 3 is 2.43 bits per heavy atom. The van der Waals surface area contributed by atoms with Crippen LogP contribution in [0, 0.1) is 0 Å². The van der Waals surface area contributed by atoms with Crippen LogP contribution >= 0.6 is 0 Å². The highest BCUT2D eigenvalue weighted by atomic mass is 16.3. The van der Waals surface area contributed by atoms with Crippen molar-refractivity contribution >= 4 is 11.8 Å². The van der Waals surface area contributed by atoms with E-state index in [0.29, 0.717) is 32.0 Å². The van der Waals surface area contributed by atoms with Gasteiger partial charge in [-0.2, -0.15) is 0 Å². The third-order valence-corrected chi connectivity index (χ3v) is 5.85. The molecule has 0 spiro atoms. The van der Waals surface area contributed by atoms with Gasteiger partial charge in [-0.15, -0.1) is 0 Å². The largest absolute Gasteiger partial charge is 0.507 e. The van der Waals surface area contributed by atoms with Crippen LogP contribution in [-0.4, -0.2) is 57.4 Å². The van der Waals surface area contributed by atoms with Crippen LogP contribution in [0.15, 0.2) is 48.7 Å². The Kier molecular flexibility index (Phi) is 5.28. The summed E-state index contributed by atoms with van der Waals surface area (Å²) in [6, 6.07) is 12.1. The standard InChI is InChI=1S/C22H25N3O3/c26-20-9-2-1-6-17(20)21(27)25-13-5-8-19(25)22(28)24-14-10-16(11-15-24)18-7-3-4-12-23-18/h1-4,6-7,9,12,16,19,26H,5,8,10-11,13-15H2. The molecule has 0 bridgehead atoms. The monoisotopic (exact) mass is 379 g/mol. The highest BCUT2D eigenvalue weighted by Gasteiger charge is 2.38. The van der Waals surface area contributed by atoms with E-state index in [-0.39, 0.29) is 23.1 Å². The molecule has 0 aliphatic carbocycles. The molecule has 1 N–H and O–H groups in total. The van der Waals surface area contributed by atoms with Gasteiger partial charge in [0.15, 0.2) is 0 Å². The summed E-state index contributed by atoms with van der Waals surface area (Å²) in [4.78, 5) is 34.0. The summed E-state index contributed by atoms with van der Waals surface area (Å²) in [6.45, 7) is 1.93. The molecule has 2 aliphatic rings. The van der Waals surface area contributed by atoms with Crippen LogP contribution < -0.4 is 0 Å². The third kappa shape index (κ3) is 3.59. The molecule has 1 aromatic carbocycles. The van der Waals surface area contributed by atoms with Gasteiger partial charge in [0.25, 0.3) is 5.91 Å². The highest BCUT2D eigenvalue weighted by molar-refractivity contribution is 5.99. The van der Waals surface area contributed by atoms with Gasteiger partial charge < -0.3 is 14.9 Å². The first kappa shape index (κ1) is 18.5. The van der Waals surface area contributed by atoms with Crippen LogP contribution in [0.3, 0.4) is 0 Å². The van der Waals surface area contributed by atoms with E-state index < -0.39 is 6.04 Å². The molecule has 0 radical (unpaired) electrons. The molecule has 2 saturated heterocycles. The van der Waals surface area contributed by atoms with E-state index in [4.69, 9.17) is 0 Å². The maximum absolute atomic E-state index is 13.1. The second kappa shape index (κ2) is 8.00. The molecule has 6 nitrogen and oxygen atoms in total. The van der Waals surface area contributed by atoms with Crippen molar-refractivity contribution in [3.63, 3.8) is 0 Å². The number of amides is 2. The van der Waals surface area contributed by atoms with Crippen LogP contribution in [-0.2, 0) is 4.79 Å². The van der Waals surface area contributed by atoms with E-state index in [2.05, 4.69) is 4.98 Å². The second-order valence-electron chi connectivity index (χ2n) is 7.53. The van der Waals surface area contributed by atoms with E-state index in [9.17, 15) is 14.7 Å². The zero-order chi connectivity index (χ0) is 19.5. The summed E-state index contributed by atoms with van der Waals surface area (Å²) < 4.78 is 0. The molecule has 2 aliphatic heterocycles. The summed E-state index contributed by atoms with van der Waals surface area (Å²) >= 11 is 0. The van der Waals surface area contributed by atoms with E-state index in [1.807, 2.05) is 29.3 Å². The lowest BCUT2D eigenvalue weighted by atomic mass is 9.92. The molecule has 146 valence electrons. The number of hydrogen-bond acceptors (Lipinski definition) is 4. The normalized spacial score (nSPS) is 20.4. The zero-order valence-electron chi connectivity index (χ0n) is 15.8. The number of benzene rings is 1. The first-order chi connectivity index (χ1) is 13.6. The topological polar surface area (TPSA) is 73.7 Å². The molecule has 0 saturated carbocycles. The first-order valence-electron chi connectivity index (χ1n) is 9.94. The summed E-state index contributed by atoms with van der Waals surface area (Å²) in [5.41, 5.74) is 1.35. The van der Waals surface area contributed by atoms with Crippen LogP contribution in [0.1, 0.15) is 47.7 Å². The minimum absolute atomic E-state index is 0.0285. The summed E-state index contributed by atoms with van der Waals surface area (Å²) in [5.74, 6) is 0.104. The number of nitrogens with zero attached hydrogens (tertiary/aromatic N) is 3. The highest BCUT2D eigenvalue weighted by Crippen LogP contribution is 2.29. The molecule has 1 aromatic heterocycles. The fourth-order valence-corrected chi connectivity index (χ4v) is 4.30. The molecule has 6 heteroatoms. The number of hydrogen-bond donors (Lipinski definition) is 1.